The topological polar surface area (TPSA) is 86.7 Å². The van der Waals surface area contributed by atoms with Crippen molar-refractivity contribution >= 4 is 29.5 Å². The number of carbonyl (C=O) groups is 3. The van der Waals surface area contributed by atoms with E-state index in [2.05, 4.69) is 5.32 Å². The number of carboxylic acids is 1. The molecule has 0 aromatic heterocycles. The Balaban J connectivity index is 2.07. The number of nitrogens with zero attached hydrogens (tertiary/aromatic N) is 1. The molecular weight excluding hydrogens is 316 g/mol. The predicted octanol–water partition coefficient (Wildman–Crippen LogP) is 1.14. The fourth-order valence-corrected chi connectivity index (χ4v) is 3.75. The first-order valence-electron chi connectivity index (χ1n) is 7.42. The molecule has 0 spiro atoms. The van der Waals surface area contributed by atoms with Gasteiger partial charge in [0.1, 0.15) is 6.04 Å². The molecule has 1 aromatic carbocycles. The largest absolute Gasteiger partial charge is 0.480 e. The molecule has 0 saturated heterocycles. The lowest BCUT2D eigenvalue weighted by Crippen LogP contribution is -2.49. The van der Waals surface area contributed by atoms with E-state index in [-0.39, 0.29) is 30.2 Å². The summed E-state index contributed by atoms with van der Waals surface area (Å²) in [4.78, 5) is 37.4. The van der Waals surface area contributed by atoms with E-state index in [9.17, 15) is 19.5 Å². The summed E-state index contributed by atoms with van der Waals surface area (Å²) in [6.07, 6.45) is 0.600. The molecule has 6 nitrogen and oxygen atoms in total. The minimum atomic E-state index is -1.05. The number of amides is 2. The number of hydrogen-bond acceptors (Lipinski definition) is 4. The molecule has 1 aliphatic rings. The highest BCUT2D eigenvalue weighted by molar-refractivity contribution is 8.01. The first kappa shape index (κ1) is 17.3. The van der Waals surface area contributed by atoms with Gasteiger partial charge in [0, 0.05) is 24.9 Å². The van der Waals surface area contributed by atoms with Crippen LogP contribution in [-0.4, -0.2) is 52.2 Å². The van der Waals surface area contributed by atoms with Crippen LogP contribution in [0.1, 0.15) is 19.4 Å². The normalized spacial score (nSPS) is 17.2. The fraction of sp³-hybridized carbons (Fsp3) is 0.438. The van der Waals surface area contributed by atoms with Crippen LogP contribution in [0, 0.1) is 0 Å². The SMILES string of the molecule is CC(=O)NCCN(C(=O)C1Cc2ccccc2S1)C(C)C(=O)O. The third-order valence-corrected chi connectivity index (χ3v) is 5.06. The standard InChI is InChI=1S/C16H20N2O4S/c1-10(16(21)22)18(8-7-17-11(2)19)15(20)14-9-12-5-3-4-6-13(12)23-14/h3-6,10,14H,7-9H2,1-2H3,(H,17,19)(H,21,22). The lowest BCUT2D eigenvalue weighted by molar-refractivity contribution is -0.149. The maximum Gasteiger partial charge on any atom is 0.326 e. The summed E-state index contributed by atoms with van der Waals surface area (Å²) in [5, 5.41) is 11.5. The van der Waals surface area contributed by atoms with Crippen molar-refractivity contribution in [3.8, 4) is 0 Å². The minimum Gasteiger partial charge on any atom is -0.480 e. The molecular formula is C16H20N2O4S. The number of thioether (sulfide) groups is 1. The van der Waals surface area contributed by atoms with Gasteiger partial charge >= 0.3 is 5.97 Å². The quantitative estimate of drug-likeness (QED) is 0.813. The van der Waals surface area contributed by atoms with E-state index in [1.54, 1.807) is 0 Å². The van der Waals surface area contributed by atoms with Crippen molar-refractivity contribution in [1.82, 2.24) is 10.2 Å². The molecule has 2 N–H and O–H groups in total. The molecule has 7 heteroatoms. The number of benzene rings is 1. The molecule has 0 aliphatic carbocycles. The van der Waals surface area contributed by atoms with Crippen molar-refractivity contribution in [3.05, 3.63) is 29.8 Å². The summed E-state index contributed by atoms with van der Waals surface area (Å²) >= 11 is 1.47. The van der Waals surface area contributed by atoms with Crippen molar-refractivity contribution in [3.63, 3.8) is 0 Å². The van der Waals surface area contributed by atoms with E-state index in [1.807, 2.05) is 24.3 Å². The van der Waals surface area contributed by atoms with E-state index in [0.29, 0.717) is 6.42 Å². The zero-order valence-corrected chi connectivity index (χ0v) is 13.9. The zero-order chi connectivity index (χ0) is 17.0. The number of hydrogen-bond donors (Lipinski definition) is 2. The Morgan fingerprint density at radius 1 is 1.39 bits per heavy atom. The average molecular weight is 336 g/mol. The van der Waals surface area contributed by atoms with Crippen molar-refractivity contribution in [2.45, 2.75) is 36.5 Å². The monoisotopic (exact) mass is 336 g/mol. The van der Waals surface area contributed by atoms with Gasteiger partial charge in [0.25, 0.3) is 0 Å². The summed E-state index contributed by atoms with van der Waals surface area (Å²) in [7, 11) is 0. The maximum atomic E-state index is 12.8. The van der Waals surface area contributed by atoms with Crippen molar-refractivity contribution in [1.29, 1.82) is 0 Å². The Bertz CT molecular complexity index is 595. The summed E-state index contributed by atoms with van der Waals surface area (Å²) in [6.45, 7) is 3.29. The second-order valence-electron chi connectivity index (χ2n) is 5.45. The van der Waals surface area contributed by atoms with Crippen LogP contribution in [0.15, 0.2) is 29.2 Å². The highest BCUT2D eigenvalue weighted by Crippen LogP contribution is 2.37. The molecule has 0 bridgehead atoms. The second-order valence-corrected chi connectivity index (χ2v) is 6.69. The van der Waals surface area contributed by atoms with E-state index in [1.165, 1.54) is 30.5 Å². The van der Waals surface area contributed by atoms with Crippen LogP contribution >= 0.6 is 11.8 Å². The van der Waals surface area contributed by atoms with Gasteiger partial charge in [-0.2, -0.15) is 0 Å². The lowest BCUT2D eigenvalue weighted by atomic mass is 10.1. The van der Waals surface area contributed by atoms with Crippen LogP contribution < -0.4 is 5.32 Å². The molecule has 1 heterocycles. The van der Waals surface area contributed by atoms with E-state index in [0.717, 1.165) is 10.5 Å². The smallest absolute Gasteiger partial charge is 0.326 e. The highest BCUT2D eigenvalue weighted by Gasteiger charge is 2.34. The van der Waals surface area contributed by atoms with E-state index < -0.39 is 12.0 Å². The first-order chi connectivity index (χ1) is 10.9. The molecule has 2 unspecified atom stereocenters. The molecule has 2 amide bonds. The minimum absolute atomic E-state index is 0.180. The van der Waals surface area contributed by atoms with Gasteiger partial charge in [0.2, 0.25) is 11.8 Å². The Kier molecular flexibility index (Phi) is 5.65. The Labute approximate surface area is 139 Å². The van der Waals surface area contributed by atoms with Crippen LogP contribution in [0.5, 0.6) is 0 Å². The maximum absolute atomic E-state index is 12.8. The van der Waals surface area contributed by atoms with Crippen LogP contribution in [-0.2, 0) is 20.8 Å². The van der Waals surface area contributed by atoms with Gasteiger partial charge in [-0.3, -0.25) is 9.59 Å². The van der Waals surface area contributed by atoms with Gasteiger partial charge in [-0.15, -0.1) is 11.8 Å². The van der Waals surface area contributed by atoms with Gasteiger partial charge < -0.3 is 15.3 Å². The average Bonchev–Trinajstić information content (AvgIpc) is 2.94. The molecule has 2 rings (SSSR count). The Hall–Kier alpha value is -2.02. The van der Waals surface area contributed by atoms with Crippen molar-refractivity contribution in [2.24, 2.45) is 0 Å². The third-order valence-electron chi connectivity index (χ3n) is 3.76. The third kappa shape index (κ3) is 4.25. The fourth-order valence-electron chi connectivity index (χ4n) is 2.49. The number of carbonyl (C=O) groups excluding carboxylic acids is 2. The number of carboxylic acid groups (broad SMARTS) is 1. The van der Waals surface area contributed by atoms with Gasteiger partial charge in [0.15, 0.2) is 0 Å². The molecule has 1 aromatic rings. The summed E-state index contributed by atoms with van der Waals surface area (Å²) in [5.74, 6) is -1.46. The van der Waals surface area contributed by atoms with Crippen molar-refractivity contribution in [2.75, 3.05) is 13.1 Å². The van der Waals surface area contributed by atoms with Crippen LogP contribution in [0.3, 0.4) is 0 Å². The van der Waals surface area contributed by atoms with Gasteiger partial charge in [-0.25, -0.2) is 4.79 Å². The van der Waals surface area contributed by atoms with Gasteiger partial charge in [-0.1, -0.05) is 18.2 Å². The molecule has 2 atom stereocenters. The number of aliphatic carboxylic acids is 1. The zero-order valence-electron chi connectivity index (χ0n) is 13.1. The van der Waals surface area contributed by atoms with Crippen molar-refractivity contribution < 1.29 is 19.5 Å². The molecule has 124 valence electrons. The Morgan fingerprint density at radius 3 is 2.70 bits per heavy atom. The number of fused-ring (bicyclic) bond motifs is 1. The second kappa shape index (κ2) is 7.50. The molecule has 0 radical (unpaired) electrons. The molecule has 0 saturated carbocycles. The van der Waals surface area contributed by atoms with E-state index in [4.69, 9.17) is 0 Å². The lowest BCUT2D eigenvalue weighted by Gasteiger charge is -2.28. The molecule has 1 aliphatic heterocycles. The summed E-state index contributed by atoms with van der Waals surface area (Å²) in [5.41, 5.74) is 1.11. The van der Waals surface area contributed by atoms with Crippen LogP contribution in [0.2, 0.25) is 0 Å². The highest BCUT2D eigenvalue weighted by atomic mass is 32.2. The summed E-state index contributed by atoms with van der Waals surface area (Å²) < 4.78 is 0. The molecule has 23 heavy (non-hydrogen) atoms. The number of nitrogens with one attached hydrogen (secondary N) is 1. The van der Waals surface area contributed by atoms with E-state index >= 15 is 0 Å². The van der Waals surface area contributed by atoms with Crippen LogP contribution in [0.4, 0.5) is 0 Å². The van der Waals surface area contributed by atoms with Gasteiger partial charge in [0.05, 0.1) is 5.25 Å². The van der Waals surface area contributed by atoms with Gasteiger partial charge in [-0.05, 0) is 25.0 Å². The Morgan fingerprint density at radius 2 is 2.09 bits per heavy atom. The van der Waals surface area contributed by atoms with Crippen LogP contribution in [0.25, 0.3) is 0 Å². The molecule has 0 fully saturated rings. The summed E-state index contributed by atoms with van der Waals surface area (Å²) in [6, 6.07) is 6.88. The predicted molar refractivity (Wildman–Crippen MR) is 87.3 cm³/mol. The number of rotatable bonds is 6. The first-order valence-corrected chi connectivity index (χ1v) is 8.30.